The highest BCUT2D eigenvalue weighted by Crippen LogP contribution is 2.20. The number of hydrogen-bond acceptors (Lipinski definition) is 6. The van der Waals surface area contributed by atoms with Crippen LogP contribution < -0.4 is 9.46 Å². The van der Waals surface area contributed by atoms with Gasteiger partial charge < -0.3 is 4.74 Å². The minimum Gasteiger partial charge on any atom is -0.477 e. The van der Waals surface area contributed by atoms with E-state index in [0.717, 1.165) is 5.56 Å². The summed E-state index contributed by atoms with van der Waals surface area (Å²) in [5.74, 6) is -0.899. The van der Waals surface area contributed by atoms with Gasteiger partial charge in [-0.05, 0) is 30.7 Å². The molecule has 0 saturated carbocycles. The Hall–Kier alpha value is -3.20. The molecule has 0 radical (unpaired) electrons. The van der Waals surface area contributed by atoms with Crippen LogP contribution in [0.3, 0.4) is 0 Å². The molecule has 8 nitrogen and oxygen atoms in total. The number of amides is 1. The van der Waals surface area contributed by atoms with Crippen LogP contribution in [0.5, 0.6) is 5.88 Å². The molecule has 0 aliphatic rings. The number of aromatic amines is 1. The molecule has 1 aromatic carbocycles. The zero-order valence-electron chi connectivity index (χ0n) is 14.5. The van der Waals surface area contributed by atoms with Crippen molar-refractivity contribution < 1.29 is 17.9 Å². The summed E-state index contributed by atoms with van der Waals surface area (Å²) >= 11 is 0. The van der Waals surface area contributed by atoms with Crippen LogP contribution >= 0.6 is 0 Å². The molecule has 2 aromatic heterocycles. The van der Waals surface area contributed by atoms with Crippen LogP contribution in [0.15, 0.2) is 59.6 Å². The lowest BCUT2D eigenvalue weighted by atomic mass is 10.1. The third-order valence-electron chi connectivity index (χ3n) is 3.63. The summed E-state index contributed by atoms with van der Waals surface area (Å²) in [6, 6.07) is 13.9. The summed E-state index contributed by atoms with van der Waals surface area (Å²) in [6.07, 6.45) is 1.96. The minimum atomic E-state index is -4.15. The standard InChI is InChI=1S/C18H18N4O4S/c1-2-26-18-16(9-6-10-19-18)27(24,25)22-17(23)15-12-14(20-21-15)11-13-7-4-3-5-8-13/h3-10,12H,2,11H2,1H3,(H,20,21)(H,22,23). The topological polar surface area (TPSA) is 114 Å². The Balaban J connectivity index is 1.75. The second kappa shape index (κ2) is 8.00. The number of H-pyrrole nitrogens is 1. The van der Waals surface area contributed by atoms with Gasteiger partial charge in [-0.1, -0.05) is 30.3 Å². The Morgan fingerprint density at radius 1 is 1.19 bits per heavy atom. The van der Waals surface area contributed by atoms with Crippen LogP contribution in [0.1, 0.15) is 28.7 Å². The van der Waals surface area contributed by atoms with Gasteiger partial charge in [0.25, 0.3) is 15.9 Å². The van der Waals surface area contributed by atoms with Crippen LogP contribution in [0, 0.1) is 0 Å². The van der Waals surface area contributed by atoms with Gasteiger partial charge in [0.15, 0.2) is 5.69 Å². The molecule has 0 atom stereocenters. The van der Waals surface area contributed by atoms with Gasteiger partial charge in [0.05, 0.1) is 6.61 Å². The van der Waals surface area contributed by atoms with E-state index >= 15 is 0 Å². The van der Waals surface area contributed by atoms with Crippen molar-refractivity contribution in [1.82, 2.24) is 19.9 Å². The van der Waals surface area contributed by atoms with Gasteiger partial charge in [0.1, 0.15) is 4.90 Å². The Labute approximate surface area is 156 Å². The number of sulfonamides is 1. The molecule has 0 unspecified atom stereocenters. The van der Waals surface area contributed by atoms with E-state index in [4.69, 9.17) is 4.74 Å². The number of ether oxygens (including phenoxy) is 1. The summed E-state index contributed by atoms with van der Waals surface area (Å²) in [7, 11) is -4.15. The van der Waals surface area contributed by atoms with Crippen molar-refractivity contribution in [2.24, 2.45) is 0 Å². The Morgan fingerprint density at radius 2 is 1.96 bits per heavy atom. The molecule has 2 heterocycles. The maximum atomic E-state index is 12.5. The highest BCUT2D eigenvalue weighted by molar-refractivity contribution is 7.90. The van der Waals surface area contributed by atoms with Crippen molar-refractivity contribution in [3.05, 3.63) is 71.7 Å². The Morgan fingerprint density at radius 3 is 2.70 bits per heavy atom. The summed E-state index contributed by atoms with van der Waals surface area (Å²) in [5, 5.41) is 6.65. The molecule has 1 amide bonds. The lowest BCUT2D eigenvalue weighted by Crippen LogP contribution is -2.31. The van der Waals surface area contributed by atoms with Crippen LogP contribution in [-0.2, 0) is 16.4 Å². The molecule has 27 heavy (non-hydrogen) atoms. The Kier molecular flexibility index (Phi) is 5.51. The lowest BCUT2D eigenvalue weighted by molar-refractivity contribution is 0.0976. The van der Waals surface area contributed by atoms with Gasteiger partial charge in [-0.3, -0.25) is 9.89 Å². The van der Waals surface area contributed by atoms with Crippen molar-refractivity contribution in [2.45, 2.75) is 18.2 Å². The fourth-order valence-electron chi connectivity index (χ4n) is 2.44. The van der Waals surface area contributed by atoms with Crippen molar-refractivity contribution in [1.29, 1.82) is 0 Å². The number of benzene rings is 1. The largest absolute Gasteiger partial charge is 0.477 e. The predicted octanol–water partition coefficient (Wildman–Crippen LogP) is 1.91. The van der Waals surface area contributed by atoms with Gasteiger partial charge in [0, 0.05) is 18.3 Å². The zero-order valence-corrected chi connectivity index (χ0v) is 15.4. The first-order valence-corrected chi connectivity index (χ1v) is 9.71. The first kappa shape index (κ1) is 18.6. The van der Waals surface area contributed by atoms with Gasteiger partial charge in [0.2, 0.25) is 5.88 Å². The fourth-order valence-corrected chi connectivity index (χ4v) is 3.50. The van der Waals surface area contributed by atoms with Crippen molar-refractivity contribution in [3.63, 3.8) is 0 Å². The summed E-state index contributed by atoms with van der Waals surface area (Å²) in [5.41, 5.74) is 1.71. The van der Waals surface area contributed by atoms with E-state index in [0.29, 0.717) is 12.1 Å². The molecular formula is C18H18N4O4S. The fraction of sp³-hybridized carbons (Fsp3) is 0.167. The number of nitrogens with one attached hydrogen (secondary N) is 2. The predicted molar refractivity (Wildman–Crippen MR) is 97.9 cm³/mol. The second-order valence-electron chi connectivity index (χ2n) is 5.62. The van der Waals surface area contributed by atoms with Gasteiger partial charge in [-0.15, -0.1) is 0 Å². The molecule has 0 aliphatic carbocycles. The molecule has 0 aliphatic heterocycles. The van der Waals surface area contributed by atoms with Gasteiger partial charge >= 0.3 is 0 Å². The van der Waals surface area contributed by atoms with E-state index in [-0.39, 0.29) is 23.1 Å². The normalized spacial score (nSPS) is 11.1. The van der Waals surface area contributed by atoms with E-state index in [1.807, 2.05) is 35.1 Å². The molecule has 140 valence electrons. The highest BCUT2D eigenvalue weighted by Gasteiger charge is 2.24. The van der Waals surface area contributed by atoms with Crippen molar-refractivity contribution in [3.8, 4) is 5.88 Å². The highest BCUT2D eigenvalue weighted by atomic mass is 32.2. The smallest absolute Gasteiger partial charge is 0.285 e. The lowest BCUT2D eigenvalue weighted by Gasteiger charge is -2.09. The number of pyridine rings is 1. The zero-order chi connectivity index (χ0) is 19.3. The average Bonchev–Trinajstić information content (AvgIpc) is 3.11. The maximum Gasteiger partial charge on any atom is 0.285 e. The SMILES string of the molecule is CCOc1ncccc1S(=O)(=O)NC(=O)c1cc(Cc2ccccc2)[nH]n1. The molecule has 0 saturated heterocycles. The first-order valence-electron chi connectivity index (χ1n) is 8.23. The van der Waals surface area contributed by atoms with E-state index < -0.39 is 15.9 Å². The number of aromatic nitrogens is 3. The molecule has 9 heteroatoms. The van der Waals surface area contributed by atoms with Crippen LogP contribution in [-0.4, -0.2) is 36.1 Å². The van der Waals surface area contributed by atoms with E-state index in [1.54, 1.807) is 6.92 Å². The number of carbonyl (C=O) groups is 1. The summed E-state index contributed by atoms with van der Waals surface area (Å²) in [4.78, 5) is 16.0. The van der Waals surface area contributed by atoms with E-state index in [1.165, 1.54) is 24.4 Å². The summed E-state index contributed by atoms with van der Waals surface area (Å²) in [6.45, 7) is 1.96. The molecule has 3 rings (SSSR count). The van der Waals surface area contributed by atoms with Gasteiger partial charge in [-0.2, -0.15) is 5.10 Å². The quantitative estimate of drug-likeness (QED) is 0.641. The number of carbonyl (C=O) groups excluding carboxylic acids is 1. The molecule has 0 fully saturated rings. The first-order chi connectivity index (χ1) is 13.0. The van der Waals surface area contributed by atoms with Crippen LogP contribution in [0.2, 0.25) is 0 Å². The minimum absolute atomic E-state index is 0.0219. The third kappa shape index (κ3) is 4.50. The maximum absolute atomic E-state index is 12.5. The van der Waals surface area contributed by atoms with E-state index in [9.17, 15) is 13.2 Å². The number of rotatable bonds is 7. The summed E-state index contributed by atoms with van der Waals surface area (Å²) < 4.78 is 32.3. The van der Waals surface area contributed by atoms with Crippen LogP contribution in [0.4, 0.5) is 0 Å². The average molecular weight is 386 g/mol. The molecule has 3 aromatic rings. The second-order valence-corrected chi connectivity index (χ2v) is 7.27. The molecule has 0 spiro atoms. The Bertz CT molecular complexity index is 1030. The van der Waals surface area contributed by atoms with E-state index in [2.05, 4.69) is 15.2 Å². The third-order valence-corrected chi connectivity index (χ3v) is 4.98. The van der Waals surface area contributed by atoms with Crippen molar-refractivity contribution >= 4 is 15.9 Å². The van der Waals surface area contributed by atoms with Crippen LogP contribution in [0.25, 0.3) is 0 Å². The molecular weight excluding hydrogens is 368 g/mol. The molecule has 0 bridgehead atoms. The number of nitrogens with zero attached hydrogens (tertiary/aromatic N) is 2. The number of hydrogen-bond donors (Lipinski definition) is 2. The van der Waals surface area contributed by atoms with Gasteiger partial charge in [-0.25, -0.2) is 18.1 Å². The monoisotopic (exact) mass is 386 g/mol. The van der Waals surface area contributed by atoms with Crippen molar-refractivity contribution in [2.75, 3.05) is 6.61 Å². The molecule has 2 N–H and O–H groups in total.